The summed E-state index contributed by atoms with van der Waals surface area (Å²) in [7, 11) is 0. The zero-order chi connectivity index (χ0) is 18.5. The molecule has 1 atom stereocenters. The third kappa shape index (κ3) is 4.18. The lowest BCUT2D eigenvalue weighted by molar-refractivity contribution is -0.136. The Hall–Kier alpha value is -3.36. The molecular weight excluding hydrogens is 336 g/mol. The van der Waals surface area contributed by atoms with Gasteiger partial charge in [0.15, 0.2) is 0 Å². The van der Waals surface area contributed by atoms with Gasteiger partial charge in [0.1, 0.15) is 0 Å². The maximum Gasteiger partial charge on any atom is 0.321 e. The first-order valence-electron chi connectivity index (χ1n) is 8.27. The Balaban J connectivity index is 1.57. The molecule has 1 aromatic heterocycles. The highest BCUT2D eigenvalue weighted by Crippen LogP contribution is 2.20. The van der Waals surface area contributed by atoms with Crippen LogP contribution in [0.2, 0.25) is 0 Å². The molecule has 0 bridgehead atoms. The van der Waals surface area contributed by atoms with Gasteiger partial charge in [0.2, 0.25) is 0 Å². The zero-order valence-corrected chi connectivity index (χ0v) is 14.3. The van der Waals surface area contributed by atoms with Gasteiger partial charge in [0.25, 0.3) is 0 Å². The summed E-state index contributed by atoms with van der Waals surface area (Å²) >= 11 is 0. The number of benzene rings is 1. The first-order valence-corrected chi connectivity index (χ1v) is 8.27. The molecule has 2 aromatic rings. The number of nitrogens with one attached hydrogen (secondary N) is 3. The average Bonchev–Trinajstić information content (AvgIpc) is 3.26. The Bertz CT molecular complexity index is 805. The number of aromatic nitrogens is 2. The molecule has 1 aromatic carbocycles. The van der Waals surface area contributed by atoms with E-state index in [1.165, 1.54) is 0 Å². The molecule has 26 heavy (non-hydrogen) atoms. The third-order valence-electron chi connectivity index (χ3n) is 3.88. The lowest BCUT2D eigenvalue weighted by Crippen LogP contribution is -2.42. The zero-order valence-electron chi connectivity index (χ0n) is 14.3. The highest BCUT2D eigenvalue weighted by Gasteiger charge is 2.22. The molecule has 2 heterocycles. The van der Waals surface area contributed by atoms with Gasteiger partial charge in [-0.05, 0) is 31.2 Å². The van der Waals surface area contributed by atoms with Crippen molar-refractivity contribution in [3.63, 3.8) is 0 Å². The Labute approximate surface area is 150 Å². The summed E-state index contributed by atoms with van der Waals surface area (Å²) in [6, 6.07) is 8.15. The Morgan fingerprint density at radius 3 is 2.85 bits per heavy atom. The summed E-state index contributed by atoms with van der Waals surface area (Å²) in [5, 5.41) is 12.0. The minimum Gasteiger partial charge on any atom is -0.344 e. The van der Waals surface area contributed by atoms with Crippen LogP contribution in [-0.4, -0.2) is 46.8 Å². The van der Waals surface area contributed by atoms with E-state index in [0.29, 0.717) is 31.0 Å². The van der Waals surface area contributed by atoms with Crippen LogP contribution in [0.4, 0.5) is 16.2 Å². The molecule has 9 nitrogen and oxygen atoms in total. The third-order valence-corrected chi connectivity index (χ3v) is 3.88. The molecule has 0 saturated carbocycles. The highest BCUT2D eigenvalue weighted by atomic mass is 16.2. The SMILES string of the molecule is C[C@H](Cn1cccn1)NC(=O)C(=O)Nc1cccc(N2CCNC2=O)c1. The van der Waals surface area contributed by atoms with Crippen LogP contribution in [0.1, 0.15) is 6.92 Å². The van der Waals surface area contributed by atoms with E-state index in [2.05, 4.69) is 21.0 Å². The number of carbonyl (C=O) groups is 3. The molecular formula is C17H20N6O3. The first kappa shape index (κ1) is 17.5. The number of hydrogen-bond acceptors (Lipinski definition) is 4. The molecule has 4 amide bonds. The minimum absolute atomic E-state index is 0.182. The molecule has 0 unspecified atom stereocenters. The average molecular weight is 356 g/mol. The van der Waals surface area contributed by atoms with Crippen LogP contribution in [0.25, 0.3) is 0 Å². The van der Waals surface area contributed by atoms with Gasteiger partial charge in [0, 0.05) is 42.9 Å². The quantitative estimate of drug-likeness (QED) is 0.680. The number of hydrogen-bond donors (Lipinski definition) is 3. The summed E-state index contributed by atoms with van der Waals surface area (Å²) in [5.74, 6) is -1.49. The molecule has 1 saturated heterocycles. The first-order chi connectivity index (χ1) is 12.5. The lowest BCUT2D eigenvalue weighted by Gasteiger charge is -2.16. The van der Waals surface area contributed by atoms with Crippen LogP contribution >= 0.6 is 0 Å². The number of anilines is 2. The van der Waals surface area contributed by atoms with Crippen molar-refractivity contribution < 1.29 is 14.4 Å². The standard InChI is InChI=1S/C17H20N6O3/c1-12(11-22-8-3-6-19-22)20-15(24)16(25)21-13-4-2-5-14(10-13)23-9-7-18-17(23)26/h2-6,8,10,12H,7,9,11H2,1H3,(H,18,26)(H,20,24)(H,21,25)/t12-/m1/s1. The lowest BCUT2D eigenvalue weighted by atomic mass is 10.2. The molecule has 3 N–H and O–H groups in total. The monoisotopic (exact) mass is 356 g/mol. The van der Waals surface area contributed by atoms with Gasteiger partial charge in [0.05, 0.1) is 6.54 Å². The predicted molar refractivity (Wildman–Crippen MR) is 95.6 cm³/mol. The van der Waals surface area contributed by atoms with Gasteiger partial charge < -0.3 is 16.0 Å². The minimum atomic E-state index is -0.764. The maximum atomic E-state index is 12.1. The van der Waals surface area contributed by atoms with Crippen LogP contribution in [0, 0.1) is 0 Å². The fraction of sp³-hybridized carbons (Fsp3) is 0.294. The topological polar surface area (TPSA) is 108 Å². The second-order valence-electron chi connectivity index (χ2n) is 5.99. The number of urea groups is 1. The van der Waals surface area contributed by atoms with E-state index in [9.17, 15) is 14.4 Å². The van der Waals surface area contributed by atoms with E-state index < -0.39 is 11.8 Å². The van der Waals surface area contributed by atoms with Crippen LogP contribution in [0.15, 0.2) is 42.7 Å². The van der Waals surface area contributed by atoms with Gasteiger partial charge in [-0.3, -0.25) is 19.2 Å². The van der Waals surface area contributed by atoms with Crippen molar-refractivity contribution in [2.75, 3.05) is 23.3 Å². The Morgan fingerprint density at radius 1 is 1.31 bits per heavy atom. The van der Waals surface area contributed by atoms with Crippen molar-refractivity contribution in [1.29, 1.82) is 0 Å². The van der Waals surface area contributed by atoms with Crippen molar-refractivity contribution in [1.82, 2.24) is 20.4 Å². The van der Waals surface area contributed by atoms with Gasteiger partial charge in [-0.15, -0.1) is 0 Å². The van der Waals surface area contributed by atoms with Crippen LogP contribution in [0.3, 0.4) is 0 Å². The van der Waals surface area contributed by atoms with Crippen molar-refractivity contribution in [2.24, 2.45) is 0 Å². The number of carbonyl (C=O) groups excluding carboxylic acids is 3. The molecule has 1 aliphatic rings. The van der Waals surface area contributed by atoms with Crippen molar-refractivity contribution in [3.05, 3.63) is 42.7 Å². The molecule has 0 radical (unpaired) electrons. The van der Waals surface area contributed by atoms with Gasteiger partial charge >= 0.3 is 17.8 Å². The van der Waals surface area contributed by atoms with Crippen molar-refractivity contribution in [3.8, 4) is 0 Å². The van der Waals surface area contributed by atoms with E-state index in [-0.39, 0.29) is 12.1 Å². The van der Waals surface area contributed by atoms with E-state index in [0.717, 1.165) is 0 Å². The smallest absolute Gasteiger partial charge is 0.321 e. The molecule has 0 aliphatic carbocycles. The van der Waals surface area contributed by atoms with E-state index in [1.54, 1.807) is 59.2 Å². The van der Waals surface area contributed by atoms with E-state index in [1.807, 2.05) is 0 Å². The largest absolute Gasteiger partial charge is 0.344 e. The van der Waals surface area contributed by atoms with Crippen LogP contribution < -0.4 is 20.9 Å². The Morgan fingerprint density at radius 2 is 2.15 bits per heavy atom. The molecule has 1 fully saturated rings. The highest BCUT2D eigenvalue weighted by molar-refractivity contribution is 6.39. The van der Waals surface area contributed by atoms with Crippen molar-refractivity contribution in [2.45, 2.75) is 19.5 Å². The fourth-order valence-electron chi connectivity index (χ4n) is 2.68. The van der Waals surface area contributed by atoms with Gasteiger partial charge in [-0.1, -0.05) is 6.07 Å². The summed E-state index contributed by atoms with van der Waals surface area (Å²) < 4.78 is 1.67. The normalized spacial score (nSPS) is 14.7. The van der Waals surface area contributed by atoms with E-state index in [4.69, 9.17) is 0 Å². The maximum absolute atomic E-state index is 12.1. The second-order valence-corrected chi connectivity index (χ2v) is 5.99. The fourth-order valence-corrected chi connectivity index (χ4v) is 2.68. The molecule has 1 aliphatic heterocycles. The van der Waals surface area contributed by atoms with Crippen LogP contribution in [0.5, 0.6) is 0 Å². The second kappa shape index (κ2) is 7.68. The molecule has 136 valence electrons. The number of rotatable bonds is 5. The molecule has 3 rings (SSSR count). The van der Waals surface area contributed by atoms with Gasteiger partial charge in [-0.25, -0.2) is 4.79 Å². The summed E-state index contributed by atoms with van der Waals surface area (Å²) in [5.41, 5.74) is 1.10. The number of amides is 4. The van der Waals surface area contributed by atoms with E-state index >= 15 is 0 Å². The summed E-state index contributed by atoms with van der Waals surface area (Å²) in [4.78, 5) is 37.5. The number of nitrogens with zero attached hydrogens (tertiary/aromatic N) is 3. The van der Waals surface area contributed by atoms with Gasteiger partial charge in [-0.2, -0.15) is 5.10 Å². The van der Waals surface area contributed by atoms with Crippen molar-refractivity contribution >= 4 is 29.2 Å². The Kier molecular flexibility index (Phi) is 5.16. The van der Waals surface area contributed by atoms with Crippen LogP contribution in [-0.2, 0) is 16.1 Å². The summed E-state index contributed by atoms with van der Waals surface area (Å²) in [6.45, 7) is 3.39. The summed E-state index contributed by atoms with van der Waals surface area (Å²) in [6.07, 6.45) is 3.43. The molecule has 0 spiro atoms. The molecule has 9 heteroatoms. The predicted octanol–water partition coefficient (Wildman–Crippen LogP) is 0.556.